The molecule has 168 valence electrons. The van der Waals surface area contributed by atoms with Gasteiger partial charge in [-0.1, -0.05) is 99.1 Å². The van der Waals surface area contributed by atoms with Crippen LogP contribution in [0.5, 0.6) is 0 Å². The lowest BCUT2D eigenvalue weighted by Gasteiger charge is -2.29. The number of hydrogen-bond acceptors (Lipinski definition) is 0. The molecule has 4 rings (SSSR count). The Bertz CT molecular complexity index is 912. The van der Waals surface area contributed by atoms with Crippen molar-refractivity contribution in [1.82, 2.24) is 0 Å². The molecule has 0 aromatic heterocycles. The third-order valence-corrected chi connectivity index (χ3v) is 7.61. The third-order valence-electron chi connectivity index (χ3n) is 7.61. The summed E-state index contributed by atoms with van der Waals surface area (Å²) in [6.45, 7) is 4.59. The fourth-order valence-corrected chi connectivity index (χ4v) is 5.50. The maximum absolute atomic E-state index is 2.40. The second-order valence-corrected chi connectivity index (χ2v) is 10.1. The maximum atomic E-state index is 2.40. The molecule has 0 aliphatic heterocycles. The van der Waals surface area contributed by atoms with Gasteiger partial charge in [0.05, 0.1) is 0 Å². The quantitative estimate of drug-likeness (QED) is 0.322. The van der Waals surface area contributed by atoms with Crippen molar-refractivity contribution in [3.05, 3.63) is 107 Å². The van der Waals surface area contributed by atoms with E-state index in [1.807, 2.05) is 0 Å². The summed E-state index contributed by atoms with van der Waals surface area (Å²) in [4.78, 5) is 0. The van der Waals surface area contributed by atoms with Gasteiger partial charge in [-0.15, -0.1) is 0 Å². The number of rotatable bonds is 9. The molecular formula is C32H40. The van der Waals surface area contributed by atoms with Crippen molar-refractivity contribution in [3.8, 4) is 0 Å². The Morgan fingerprint density at radius 1 is 0.688 bits per heavy atom. The van der Waals surface area contributed by atoms with Gasteiger partial charge in [0.15, 0.2) is 0 Å². The highest BCUT2D eigenvalue weighted by Crippen LogP contribution is 2.37. The SMILES string of the molecule is CCCc1ccc(C2CCC(CCc3ccc(C[C@@H](C)c4ccccc4)cc3)CC2)cc1. The zero-order valence-corrected chi connectivity index (χ0v) is 20.1. The first kappa shape index (κ1) is 22.8. The van der Waals surface area contributed by atoms with Crippen molar-refractivity contribution in [3.63, 3.8) is 0 Å². The zero-order chi connectivity index (χ0) is 22.2. The van der Waals surface area contributed by atoms with Gasteiger partial charge >= 0.3 is 0 Å². The van der Waals surface area contributed by atoms with Gasteiger partial charge in [-0.05, 0) is 96.9 Å². The molecule has 0 nitrogen and oxygen atoms in total. The van der Waals surface area contributed by atoms with E-state index < -0.39 is 0 Å². The predicted octanol–water partition coefficient (Wildman–Crippen LogP) is 8.89. The van der Waals surface area contributed by atoms with Crippen molar-refractivity contribution in [2.45, 2.75) is 83.5 Å². The van der Waals surface area contributed by atoms with Crippen LogP contribution in [0.3, 0.4) is 0 Å². The highest BCUT2D eigenvalue weighted by molar-refractivity contribution is 5.27. The summed E-state index contributed by atoms with van der Waals surface area (Å²) in [6.07, 6.45) is 11.7. The van der Waals surface area contributed by atoms with Crippen molar-refractivity contribution < 1.29 is 0 Å². The van der Waals surface area contributed by atoms with E-state index in [4.69, 9.17) is 0 Å². The first-order chi connectivity index (χ1) is 15.7. The molecule has 0 N–H and O–H groups in total. The van der Waals surface area contributed by atoms with E-state index in [1.165, 1.54) is 73.6 Å². The van der Waals surface area contributed by atoms with Crippen molar-refractivity contribution in [2.75, 3.05) is 0 Å². The molecule has 0 heterocycles. The maximum Gasteiger partial charge on any atom is -0.0150 e. The van der Waals surface area contributed by atoms with Crippen LogP contribution in [0.4, 0.5) is 0 Å². The Morgan fingerprint density at radius 2 is 1.28 bits per heavy atom. The van der Waals surface area contributed by atoms with Crippen LogP contribution in [0, 0.1) is 5.92 Å². The molecule has 0 bridgehead atoms. The second-order valence-electron chi connectivity index (χ2n) is 10.1. The molecule has 1 aliphatic carbocycles. The molecule has 0 amide bonds. The van der Waals surface area contributed by atoms with E-state index >= 15 is 0 Å². The first-order valence-electron chi connectivity index (χ1n) is 12.9. The van der Waals surface area contributed by atoms with Crippen LogP contribution >= 0.6 is 0 Å². The van der Waals surface area contributed by atoms with Gasteiger partial charge in [0.1, 0.15) is 0 Å². The molecule has 1 atom stereocenters. The molecule has 0 spiro atoms. The fraction of sp³-hybridized carbons (Fsp3) is 0.438. The number of aryl methyl sites for hydroxylation is 2. The lowest BCUT2D eigenvalue weighted by molar-refractivity contribution is 0.310. The highest BCUT2D eigenvalue weighted by atomic mass is 14.3. The Morgan fingerprint density at radius 3 is 1.94 bits per heavy atom. The monoisotopic (exact) mass is 424 g/mol. The molecule has 32 heavy (non-hydrogen) atoms. The Kier molecular flexibility index (Phi) is 8.21. The number of benzene rings is 3. The van der Waals surface area contributed by atoms with Gasteiger partial charge in [-0.3, -0.25) is 0 Å². The van der Waals surface area contributed by atoms with Crippen molar-refractivity contribution in [2.24, 2.45) is 5.92 Å². The molecule has 1 saturated carbocycles. The largest absolute Gasteiger partial charge is 0.0651 e. The lowest BCUT2D eigenvalue weighted by Crippen LogP contribution is -2.14. The number of hydrogen-bond donors (Lipinski definition) is 0. The van der Waals surface area contributed by atoms with E-state index in [2.05, 4.69) is 92.7 Å². The van der Waals surface area contributed by atoms with Crippen LogP contribution in [0.2, 0.25) is 0 Å². The lowest BCUT2D eigenvalue weighted by atomic mass is 9.77. The summed E-state index contributed by atoms with van der Waals surface area (Å²) in [5, 5.41) is 0. The molecular weight excluding hydrogens is 384 g/mol. The molecule has 0 heteroatoms. The molecule has 0 unspecified atom stereocenters. The van der Waals surface area contributed by atoms with Crippen LogP contribution < -0.4 is 0 Å². The van der Waals surface area contributed by atoms with Crippen LogP contribution in [0.25, 0.3) is 0 Å². The average Bonchev–Trinajstić information content (AvgIpc) is 2.85. The van der Waals surface area contributed by atoms with Gasteiger partial charge in [-0.2, -0.15) is 0 Å². The predicted molar refractivity (Wildman–Crippen MR) is 138 cm³/mol. The van der Waals surface area contributed by atoms with Crippen LogP contribution in [-0.4, -0.2) is 0 Å². The van der Waals surface area contributed by atoms with Gasteiger partial charge in [0, 0.05) is 0 Å². The minimum atomic E-state index is 0.570. The zero-order valence-electron chi connectivity index (χ0n) is 20.1. The molecule has 1 aliphatic rings. The van der Waals surface area contributed by atoms with Gasteiger partial charge in [0.25, 0.3) is 0 Å². The third kappa shape index (κ3) is 6.35. The van der Waals surface area contributed by atoms with Gasteiger partial charge < -0.3 is 0 Å². The molecule has 0 radical (unpaired) electrons. The Labute approximate surface area is 196 Å². The summed E-state index contributed by atoms with van der Waals surface area (Å²) in [5.41, 5.74) is 7.46. The fourth-order valence-electron chi connectivity index (χ4n) is 5.50. The molecule has 0 saturated heterocycles. The van der Waals surface area contributed by atoms with Crippen molar-refractivity contribution >= 4 is 0 Å². The van der Waals surface area contributed by atoms with Crippen LogP contribution in [0.1, 0.15) is 92.0 Å². The summed E-state index contributed by atoms with van der Waals surface area (Å²) in [5.74, 6) is 2.26. The van der Waals surface area contributed by atoms with Gasteiger partial charge in [-0.25, -0.2) is 0 Å². The molecule has 1 fully saturated rings. The molecule has 3 aromatic rings. The van der Waals surface area contributed by atoms with E-state index in [0.717, 1.165) is 18.3 Å². The highest BCUT2D eigenvalue weighted by Gasteiger charge is 2.22. The topological polar surface area (TPSA) is 0 Å². The summed E-state index contributed by atoms with van der Waals surface area (Å²) < 4.78 is 0. The Balaban J connectivity index is 1.21. The standard InChI is InChI=1S/C32H40/c1-3-7-26-16-20-31(21-17-26)32-22-18-28(19-23-32)11-10-27-12-14-29(15-13-27)24-25(2)30-8-5-4-6-9-30/h4-6,8-9,12-17,20-21,25,28,32H,3,7,10-11,18-19,22-24H2,1-2H3/t25-,28?,32?/m1/s1. The summed E-state index contributed by atoms with van der Waals surface area (Å²) in [7, 11) is 0. The van der Waals surface area contributed by atoms with E-state index in [1.54, 1.807) is 5.56 Å². The minimum Gasteiger partial charge on any atom is -0.0651 e. The average molecular weight is 425 g/mol. The summed E-state index contributed by atoms with van der Waals surface area (Å²) in [6, 6.07) is 29.8. The van der Waals surface area contributed by atoms with E-state index in [9.17, 15) is 0 Å². The first-order valence-corrected chi connectivity index (χ1v) is 12.9. The van der Waals surface area contributed by atoms with Gasteiger partial charge in [0.2, 0.25) is 0 Å². The minimum absolute atomic E-state index is 0.570. The van der Waals surface area contributed by atoms with E-state index in [0.29, 0.717) is 5.92 Å². The summed E-state index contributed by atoms with van der Waals surface area (Å²) >= 11 is 0. The smallest absolute Gasteiger partial charge is 0.0150 e. The van der Waals surface area contributed by atoms with E-state index in [-0.39, 0.29) is 0 Å². The Hall–Kier alpha value is -2.34. The second kappa shape index (κ2) is 11.5. The van der Waals surface area contributed by atoms with Crippen LogP contribution in [-0.2, 0) is 19.3 Å². The van der Waals surface area contributed by atoms with Crippen molar-refractivity contribution in [1.29, 1.82) is 0 Å². The normalized spacial score (nSPS) is 19.6. The molecule has 3 aromatic carbocycles. The van der Waals surface area contributed by atoms with Crippen LogP contribution in [0.15, 0.2) is 78.9 Å².